The van der Waals surface area contributed by atoms with Crippen molar-refractivity contribution >= 4 is 28.1 Å². The Bertz CT molecular complexity index is 813. The van der Waals surface area contributed by atoms with Crippen molar-refractivity contribution < 1.29 is 9.18 Å². The number of thiazole rings is 1. The zero-order valence-electron chi connectivity index (χ0n) is 12.1. The number of carbonyl (C=O) groups excluding carboxylic acids is 1. The van der Waals surface area contributed by atoms with Gasteiger partial charge in [0.05, 0.1) is 12.1 Å². The largest absolute Gasteiger partial charge is 0.375 e. The summed E-state index contributed by atoms with van der Waals surface area (Å²) in [6, 6.07) is 13.3. The fourth-order valence-corrected chi connectivity index (χ4v) is 2.71. The minimum atomic E-state index is -0.313. The first-order chi connectivity index (χ1) is 11.1. The lowest BCUT2D eigenvalue weighted by molar-refractivity contribution is -0.115. The smallest absolute Gasteiger partial charge is 0.228 e. The van der Waals surface area contributed by atoms with E-state index < -0.39 is 0 Å². The lowest BCUT2D eigenvalue weighted by atomic mass is 10.1. The Hall–Kier alpha value is -2.73. The molecule has 1 aromatic heterocycles. The Balaban J connectivity index is 1.63. The molecule has 1 heterocycles. The molecule has 3 aromatic rings. The van der Waals surface area contributed by atoms with Gasteiger partial charge in [-0.2, -0.15) is 0 Å². The molecule has 23 heavy (non-hydrogen) atoms. The highest BCUT2D eigenvalue weighted by molar-refractivity contribution is 7.13. The summed E-state index contributed by atoms with van der Waals surface area (Å²) in [6.45, 7) is 0. The number of nitrogens with two attached hydrogens (primary N) is 1. The van der Waals surface area contributed by atoms with Crippen LogP contribution >= 0.6 is 11.3 Å². The Morgan fingerprint density at radius 1 is 1.13 bits per heavy atom. The van der Waals surface area contributed by atoms with Crippen molar-refractivity contribution in [3.63, 3.8) is 0 Å². The number of carbonyl (C=O) groups is 1. The number of nitrogens with one attached hydrogen (secondary N) is 1. The molecule has 0 bridgehead atoms. The average Bonchev–Trinajstić information content (AvgIpc) is 2.97. The summed E-state index contributed by atoms with van der Waals surface area (Å²) in [5.74, 6) is -0.463. The molecule has 0 aliphatic heterocycles. The molecule has 3 N–H and O–H groups in total. The van der Waals surface area contributed by atoms with Gasteiger partial charge < -0.3 is 11.1 Å². The number of aromatic nitrogens is 1. The standard InChI is InChI=1S/C17H14FN3OS/c18-13-5-1-11(2-6-13)9-16(22)20-14-7-3-12(4-8-14)15-10-23-17(19)21-15/h1-8,10H,9H2,(H2,19,21)(H,20,22). The van der Waals surface area contributed by atoms with Crippen LogP contribution in [-0.4, -0.2) is 10.9 Å². The fourth-order valence-electron chi connectivity index (χ4n) is 2.14. The molecular formula is C17H14FN3OS. The molecular weight excluding hydrogens is 313 g/mol. The monoisotopic (exact) mass is 327 g/mol. The molecule has 2 aromatic carbocycles. The minimum Gasteiger partial charge on any atom is -0.375 e. The quantitative estimate of drug-likeness (QED) is 0.767. The highest BCUT2D eigenvalue weighted by Crippen LogP contribution is 2.24. The van der Waals surface area contributed by atoms with Crippen molar-refractivity contribution in [3.05, 3.63) is 65.3 Å². The Kier molecular flexibility index (Phi) is 4.34. The number of hydrogen-bond donors (Lipinski definition) is 2. The van der Waals surface area contributed by atoms with Gasteiger partial charge in [0.1, 0.15) is 5.82 Å². The summed E-state index contributed by atoms with van der Waals surface area (Å²) < 4.78 is 12.8. The van der Waals surface area contributed by atoms with Crippen molar-refractivity contribution in [2.75, 3.05) is 11.1 Å². The summed E-state index contributed by atoms with van der Waals surface area (Å²) >= 11 is 1.39. The van der Waals surface area contributed by atoms with Gasteiger partial charge in [-0.1, -0.05) is 24.3 Å². The van der Waals surface area contributed by atoms with E-state index in [1.165, 1.54) is 23.5 Å². The molecule has 6 heteroatoms. The zero-order valence-corrected chi connectivity index (χ0v) is 12.9. The second-order valence-electron chi connectivity index (χ2n) is 5.00. The third-order valence-corrected chi connectivity index (χ3v) is 3.94. The Labute approximate surface area is 136 Å². The lowest BCUT2D eigenvalue weighted by Gasteiger charge is -2.06. The normalized spacial score (nSPS) is 10.5. The van der Waals surface area contributed by atoms with Gasteiger partial charge in [-0.25, -0.2) is 9.37 Å². The number of amides is 1. The van der Waals surface area contributed by atoms with Crippen LogP contribution in [0.4, 0.5) is 15.2 Å². The number of nitrogen functional groups attached to an aromatic ring is 1. The third kappa shape index (κ3) is 3.92. The van der Waals surface area contributed by atoms with Crippen LogP contribution in [0, 0.1) is 5.82 Å². The van der Waals surface area contributed by atoms with E-state index >= 15 is 0 Å². The molecule has 0 unspecified atom stereocenters. The number of nitrogens with zero attached hydrogens (tertiary/aromatic N) is 1. The van der Waals surface area contributed by atoms with Gasteiger partial charge in [-0.15, -0.1) is 11.3 Å². The second-order valence-corrected chi connectivity index (χ2v) is 5.89. The molecule has 116 valence electrons. The van der Waals surface area contributed by atoms with Gasteiger partial charge in [-0.3, -0.25) is 4.79 Å². The van der Waals surface area contributed by atoms with Crippen molar-refractivity contribution in [2.24, 2.45) is 0 Å². The van der Waals surface area contributed by atoms with Gasteiger partial charge in [0.2, 0.25) is 5.91 Å². The summed E-state index contributed by atoms with van der Waals surface area (Å²) in [5, 5.41) is 5.22. The summed E-state index contributed by atoms with van der Waals surface area (Å²) in [6.07, 6.45) is 0.199. The topological polar surface area (TPSA) is 68.0 Å². The highest BCUT2D eigenvalue weighted by Gasteiger charge is 2.06. The first-order valence-electron chi connectivity index (χ1n) is 6.96. The average molecular weight is 327 g/mol. The van der Waals surface area contributed by atoms with E-state index in [2.05, 4.69) is 10.3 Å². The maximum absolute atomic E-state index is 12.8. The number of hydrogen-bond acceptors (Lipinski definition) is 4. The van der Waals surface area contributed by atoms with Gasteiger partial charge in [0, 0.05) is 16.6 Å². The van der Waals surface area contributed by atoms with Crippen LogP contribution in [0.2, 0.25) is 0 Å². The predicted molar refractivity (Wildman–Crippen MR) is 90.7 cm³/mol. The van der Waals surface area contributed by atoms with Crippen LogP contribution in [0.25, 0.3) is 11.3 Å². The molecule has 0 fully saturated rings. The Morgan fingerprint density at radius 2 is 1.83 bits per heavy atom. The molecule has 0 atom stereocenters. The minimum absolute atomic E-state index is 0.151. The van der Waals surface area contributed by atoms with E-state index in [0.29, 0.717) is 10.8 Å². The first kappa shape index (κ1) is 15.2. The summed E-state index contributed by atoms with van der Waals surface area (Å²) in [5.41, 5.74) is 8.84. The SMILES string of the molecule is Nc1nc(-c2ccc(NC(=O)Cc3ccc(F)cc3)cc2)cs1. The van der Waals surface area contributed by atoms with E-state index in [9.17, 15) is 9.18 Å². The van der Waals surface area contributed by atoms with Crippen molar-refractivity contribution in [2.45, 2.75) is 6.42 Å². The molecule has 4 nitrogen and oxygen atoms in total. The Morgan fingerprint density at radius 3 is 2.43 bits per heavy atom. The number of halogens is 1. The highest BCUT2D eigenvalue weighted by atomic mass is 32.1. The van der Waals surface area contributed by atoms with E-state index in [0.717, 1.165) is 16.8 Å². The van der Waals surface area contributed by atoms with Crippen molar-refractivity contribution in [1.82, 2.24) is 4.98 Å². The molecule has 1 amide bonds. The predicted octanol–water partition coefficient (Wildman–Crippen LogP) is 3.71. The van der Waals surface area contributed by atoms with Gasteiger partial charge in [-0.05, 0) is 29.8 Å². The van der Waals surface area contributed by atoms with Crippen LogP contribution in [0.5, 0.6) is 0 Å². The molecule has 0 aliphatic rings. The third-order valence-electron chi connectivity index (χ3n) is 3.26. The van der Waals surface area contributed by atoms with Gasteiger partial charge in [0.25, 0.3) is 0 Å². The molecule has 0 radical (unpaired) electrons. The number of anilines is 2. The second kappa shape index (κ2) is 6.58. The molecule has 3 rings (SSSR count). The molecule has 0 saturated heterocycles. The number of benzene rings is 2. The molecule has 0 aliphatic carbocycles. The summed E-state index contributed by atoms with van der Waals surface area (Å²) in [7, 11) is 0. The first-order valence-corrected chi connectivity index (χ1v) is 7.84. The van der Waals surface area contributed by atoms with E-state index in [-0.39, 0.29) is 18.1 Å². The van der Waals surface area contributed by atoms with E-state index in [1.807, 2.05) is 29.6 Å². The lowest BCUT2D eigenvalue weighted by Crippen LogP contribution is -2.14. The van der Waals surface area contributed by atoms with Gasteiger partial charge >= 0.3 is 0 Å². The zero-order chi connectivity index (χ0) is 16.2. The number of rotatable bonds is 4. The fraction of sp³-hybridized carbons (Fsp3) is 0.0588. The maximum atomic E-state index is 12.8. The van der Waals surface area contributed by atoms with Crippen LogP contribution in [-0.2, 0) is 11.2 Å². The van der Waals surface area contributed by atoms with E-state index in [1.54, 1.807) is 12.1 Å². The van der Waals surface area contributed by atoms with E-state index in [4.69, 9.17) is 5.73 Å². The summed E-state index contributed by atoms with van der Waals surface area (Å²) in [4.78, 5) is 16.2. The van der Waals surface area contributed by atoms with Crippen molar-refractivity contribution in [1.29, 1.82) is 0 Å². The molecule has 0 spiro atoms. The molecule has 0 saturated carbocycles. The maximum Gasteiger partial charge on any atom is 0.228 e. The van der Waals surface area contributed by atoms with Gasteiger partial charge in [0.15, 0.2) is 5.13 Å². The van der Waals surface area contributed by atoms with Crippen LogP contribution in [0.3, 0.4) is 0 Å². The van der Waals surface area contributed by atoms with Crippen molar-refractivity contribution in [3.8, 4) is 11.3 Å². The van der Waals surface area contributed by atoms with Crippen LogP contribution in [0.15, 0.2) is 53.9 Å². The van der Waals surface area contributed by atoms with Crippen LogP contribution < -0.4 is 11.1 Å². The van der Waals surface area contributed by atoms with Crippen LogP contribution in [0.1, 0.15) is 5.56 Å².